The summed E-state index contributed by atoms with van der Waals surface area (Å²) < 4.78 is 5.29. The van der Waals surface area contributed by atoms with Crippen LogP contribution in [0.1, 0.15) is 19.3 Å². The van der Waals surface area contributed by atoms with Crippen LogP contribution in [0.25, 0.3) is 0 Å². The Morgan fingerprint density at radius 1 is 1.33 bits per heavy atom. The lowest BCUT2D eigenvalue weighted by Crippen LogP contribution is -2.15. The summed E-state index contributed by atoms with van der Waals surface area (Å²) in [5.41, 5.74) is 0. The van der Waals surface area contributed by atoms with Gasteiger partial charge in [-0.1, -0.05) is 6.08 Å². The fourth-order valence-electron chi connectivity index (χ4n) is 1.45. The topological polar surface area (TPSA) is 12.5 Å². The molecule has 0 unspecified atom stereocenters. The first-order valence-corrected chi connectivity index (χ1v) is 4.70. The molecule has 12 heavy (non-hydrogen) atoms. The van der Waals surface area contributed by atoms with Crippen LogP contribution in [0, 0.1) is 5.92 Å². The molecule has 1 saturated heterocycles. The van der Waals surface area contributed by atoms with Crippen LogP contribution in [0.4, 0.5) is 0 Å². The minimum atomic E-state index is 0.856. The first-order valence-electron chi connectivity index (χ1n) is 4.70. The van der Waals surface area contributed by atoms with Crippen molar-refractivity contribution in [2.24, 2.45) is 5.92 Å². The van der Waals surface area contributed by atoms with Gasteiger partial charge in [0.1, 0.15) is 0 Å². The molecule has 0 amide bonds. The van der Waals surface area contributed by atoms with Crippen molar-refractivity contribution in [3.05, 3.63) is 12.3 Å². The van der Waals surface area contributed by atoms with E-state index < -0.39 is 0 Å². The quantitative estimate of drug-likeness (QED) is 0.639. The highest BCUT2D eigenvalue weighted by Crippen LogP contribution is 2.18. The first-order chi connectivity index (χ1) is 5.79. The summed E-state index contributed by atoms with van der Waals surface area (Å²) in [6, 6.07) is 0. The van der Waals surface area contributed by atoms with Crippen LogP contribution in [0.3, 0.4) is 0 Å². The summed E-state index contributed by atoms with van der Waals surface area (Å²) in [6.45, 7) is 1.92. The fraction of sp³-hybridized carbons (Fsp3) is 0.800. The molecular formula is C10H19NO. The molecule has 0 bridgehead atoms. The molecule has 2 heteroatoms. The van der Waals surface area contributed by atoms with Gasteiger partial charge < -0.3 is 9.64 Å². The van der Waals surface area contributed by atoms with E-state index in [1.54, 1.807) is 0 Å². The Hall–Kier alpha value is -0.500. The minimum Gasteiger partial charge on any atom is -0.384 e. The molecular weight excluding hydrogens is 150 g/mol. The monoisotopic (exact) mass is 169 g/mol. The van der Waals surface area contributed by atoms with Crippen LogP contribution in [0.15, 0.2) is 12.3 Å². The lowest BCUT2D eigenvalue weighted by molar-refractivity contribution is 0.0672. The average Bonchev–Trinajstić information content (AvgIpc) is 2.05. The summed E-state index contributed by atoms with van der Waals surface area (Å²) in [5.74, 6) is 0.856. The fourth-order valence-corrected chi connectivity index (χ4v) is 1.45. The Morgan fingerprint density at radius 2 is 2.00 bits per heavy atom. The molecule has 1 heterocycles. The molecule has 0 N–H and O–H groups in total. The smallest absolute Gasteiger partial charge is 0.0468 e. The van der Waals surface area contributed by atoms with Crippen LogP contribution in [0.5, 0.6) is 0 Å². The zero-order valence-corrected chi connectivity index (χ0v) is 8.12. The molecule has 0 spiro atoms. The molecule has 70 valence electrons. The van der Waals surface area contributed by atoms with Gasteiger partial charge in [-0.05, 0) is 31.4 Å². The third-order valence-electron chi connectivity index (χ3n) is 2.21. The molecule has 2 nitrogen and oxygen atoms in total. The van der Waals surface area contributed by atoms with Gasteiger partial charge in [0.15, 0.2) is 0 Å². The summed E-state index contributed by atoms with van der Waals surface area (Å²) in [5, 5.41) is 0. The van der Waals surface area contributed by atoms with Crippen molar-refractivity contribution in [3.63, 3.8) is 0 Å². The van der Waals surface area contributed by atoms with E-state index in [9.17, 15) is 0 Å². The van der Waals surface area contributed by atoms with Crippen LogP contribution in [0.2, 0.25) is 0 Å². The normalized spacial score (nSPS) is 20.2. The van der Waals surface area contributed by atoms with Crippen molar-refractivity contribution in [2.75, 3.05) is 27.3 Å². The van der Waals surface area contributed by atoms with Crippen molar-refractivity contribution in [3.8, 4) is 0 Å². The second-order valence-corrected chi connectivity index (χ2v) is 3.64. The van der Waals surface area contributed by atoms with E-state index in [2.05, 4.69) is 31.3 Å². The maximum atomic E-state index is 5.29. The Balaban J connectivity index is 2.12. The molecule has 1 aliphatic rings. The standard InChI is InChI=1S/C10H19NO/c1-11(2)7-3-4-10-5-8-12-9-6-10/h3,7,10H,4-6,8-9H2,1-2H3/b7-3+. The Bertz CT molecular complexity index is 137. The summed E-state index contributed by atoms with van der Waals surface area (Å²) >= 11 is 0. The van der Waals surface area contributed by atoms with E-state index in [1.807, 2.05) is 0 Å². The van der Waals surface area contributed by atoms with Gasteiger partial charge in [-0.3, -0.25) is 0 Å². The molecule has 0 aromatic carbocycles. The molecule has 1 fully saturated rings. The van der Waals surface area contributed by atoms with Gasteiger partial charge in [-0.15, -0.1) is 0 Å². The van der Waals surface area contributed by atoms with Crippen molar-refractivity contribution in [1.82, 2.24) is 4.90 Å². The van der Waals surface area contributed by atoms with Crippen molar-refractivity contribution >= 4 is 0 Å². The van der Waals surface area contributed by atoms with Gasteiger partial charge in [0.25, 0.3) is 0 Å². The van der Waals surface area contributed by atoms with E-state index in [0.29, 0.717) is 0 Å². The lowest BCUT2D eigenvalue weighted by atomic mass is 9.97. The molecule has 0 saturated carbocycles. The number of ether oxygens (including phenoxy) is 1. The molecule has 0 aromatic heterocycles. The van der Waals surface area contributed by atoms with Crippen molar-refractivity contribution < 1.29 is 4.74 Å². The highest BCUT2D eigenvalue weighted by atomic mass is 16.5. The van der Waals surface area contributed by atoms with E-state index >= 15 is 0 Å². The third kappa shape index (κ3) is 3.77. The molecule has 1 aliphatic heterocycles. The lowest BCUT2D eigenvalue weighted by Gasteiger charge is -2.20. The predicted molar refractivity (Wildman–Crippen MR) is 51.0 cm³/mol. The SMILES string of the molecule is CN(C)/C=C/CC1CCOCC1. The molecule has 0 aromatic rings. The van der Waals surface area contributed by atoms with Crippen LogP contribution in [-0.2, 0) is 4.74 Å². The second-order valence-electron chi connectivity index (χ2n) is 3.64. The van der Waals surface area contributed by atoms with Gasteiger partial charge in [0.2, 0.25) is 0 Å². The molecule has 0 atom stereocenters. The Labute approximate surface area is 75.2 Å². The molecule has 0 radical (unpaired) electrons. The highest BCUT2D eigenvalue weighted by Gasteiger charge is 2.11. The number of hydrogen-bond donors (Lipinski definition) is 0. The number of nitrogens with zero attached hydrogens (tertiary/aromatic N) is 1. The predicted octanol–water partition coefficient (Wildman–Crippen LogP) is 1.88. The Kier molecular flexibility index (Phi) is 4.15. The van der Waals surface area contributed by atoms with E-state index in [-0.39, 0.29) is 0 Å². The van der Waals surface area contributed by atoms with E-state index in [0.717, 1.165) is 19.1 Å². The number of hydrogen-bond acceptors (Lipinski definition) is 2. The largest absolute Gasteiger partial charge is 0.384 e. The average molecular weight is 169 g/mol. The van der Waals surface area contributed by atoms with Gasteiger partial charge in [-0.2, -0.15) is 0 Å². The first kappa shape index (κ1) is 9.59. The van der Waals surface area contributed by atoms with Gasteiger partial charge in [0, 0.05) is 27.3 Å². The third-order valence-corrected chi connectivity index (χ3v) is 2.21. The zero-order chi connectivity index (χ0) is 8.81. The van der Waals surface area contributed by atoms with Crippen LogP contribution >= 0.6 is 0 Å². The van der Waals surface area contributed by atoms with Gasteiger partial charge in [0.05, 0.1) is 0 Å². The van der Waals surface area contributed by atoms with Crippen molar-refractivity contribution in [2.45, 2.75) is 19.3 Å². The molecule has 0 aliphatic carbocycles. The van der Waals surface area contributed by atoms with Crippen molar-refractivity contribution in [1.29, 1.82) is 0 Å². The summed E-state index contributed by atoms with van der Waals surface area (Å²) in [4.78, 5) is 2.08. The minimum absolute atomic E-state index is 0.856. The molecule has 1 rings (SSSR count). The van der Waals surface area contributed by atoms with Crippen LogP contribution < -0.4 is 0 Å². The zero-order valence-electron chi connectivity index (χ0n) is 8.12. The van der Waals surface area contributed by atoms with Crippen LogP contribution in [-0.4, -0.2) is 32.2 Å². The van der Waals surface area contributed by atoms with Gasteiger partial charge in [-0.25, -0.2) is 0 Å². The van der Waals surface area contributed by atoms with E-state index in [4.69, 9.17) is 4.74 Å². The Morgan fingerprint density at radius 3 is 2.58 bits per heavy atom. The summed E-state index contributed by atoms with van der Waals surface area (Å²) in [6.07, 6.45) is 8.07. The van der Waals surface area contributed by atoms with Gasteiger partial charge >= 0.3 is 0 Å². The number of rotatable bonds is 3. The second kappa shape index (κ2) is 5.20. The highest BCUT2D eigenvalue weighted by molar-refractivity contribution is 4.82. The summed E-state index contributed by atoms with van der Waals surface area (Å²) in [7, 11) is 4.11. The maximum Gasteiger partial charge on any atom is 0.0468 e. The number of allylic oxidation sites excluding steroid dienone is 1. The van der Waals surface area contributed by atoms with E-state index in [1.165, 1.54) is 19.3 Å². The maximum absolute atomic E-state index is 5.29.